The third-order valence-corrected chi connectivity index (χ3v) is 7.42. The van der Waals surface area contributed by atoms with E-state index in [1.54, 1.807) is 33.2 Å². The first-order valence-corrected chi connectivity index (χ1v) is 15.2. The smallest absolute Gasteiger partial charge is 0.336 e. The molecule has 1 aliphatic rings. The third-order valence-electron chi connectivity index (χ3n) is 7.42. The van der Waals surface area contributed by atoms with Crippen LogP contribution in [0.1, 0.15) is 86.0 Å². The predicted molar refractivity (Wildman–Crippen MR) is 179 cm³/mol. The SMILES string of the molecule is C=C1/C=C(C(CC(C)c2cccc(OC)c2OC(C)c2ccc(OC)c(C)c2C(=O)O)=NC)\C=C/CNCCO1.CCCC. The average Bonchev–Trinajstić information content (AvgIpc) is 3.02. The number of benzene rings is 2. The summed E-state index contributed by atoms with van der Waals surface area (Å²) in [5, 5.41) is 13.3. The van der Waals surface area contributed by atoms with Gasteiger partial charge >= 0.3 is 5.97 Å². The number of nitrogens with zero attached hydrogens (tertiary/aromatic N) is 1. The quantitative estimate of drug-likeness (QED) is 0.252. The number of carboxylic acids is 1. The first-order valence-electron chi connectivity index (χ1n) is 15.2. The molecule has 240 valence electrons. The Morgan fingerprint density at radius 3 is 2.41 bits per heavy atom. The van der Waals surface area contributed by atoms with Crippen LogP contribution in [0, 0.1) is 6.92 Å². The molecule has 2 aromatic rings. The van der Waals surface area contributed by atoms with Crippen LogP contribution in [0.4, 0.5) is 0 Å². The van der Waals surface area contributed by atoms with Crippen LogP contribution in [0.25, 0.3) is 0 Å². The van der Waals surface area contributed by atoms with E-state index in [-0.39, 0.29) is 11.5 Å². The van der Waals surface area contributed by atoms with Gasteiger partial charge in [-0.15, -0.1) is 0 Å². The molecule has 8 heteroatoms. The lowest BCUT2D eigenvalue weighted by molar-refractivity contribution is 0.0690. The topological polar surface area (TPSA) is 98.6 Å². The van der Waals surface area contributed by atoms with Crippen molar-refractivity contribution in [1.29, 1.82) is 0 Å². The Morgan fingerprint density at radius 1 is 1.09 bits per heavy atom. The van der Waals surface area contributed by atoms with Crippen molar-refractivity contribution in [1.82, 2.24) is 5.32 Å². The first kappa shape index (κ1) is 36.2. The maximum Gasteiger partial charge on any atom is 0.336 e. The van der Waals surface area contributed by atoms with Crippen molar-refractivity contribution in [3.8, 4) is 17.2 Å². The van der Waals surface area contributed by atoms with E-state index in [4.69, 9.17) is 18.9 Å². The summed E-state index contributed by atoms with van der Waals surface area (Å²) in [6.45, 7) is 16.1. The minimum absolute atomic E-state index is 0.00966. The fourth-order valence-corrected chi connectivity index (χ4v) is 4.81. The molecule has 0 saturated carbocycles. The van der Waals surface area contributed by atoms with E-state index < -0.39 is 12.1 Å². The Labute approximate surface area is 263 Å². The highest BCUT2D eigenvalue weighted by Gasteiger charge is 2.25. The highest BCUT2D eigenvalue weighted by Crippen LogP contribution is 2.41. The summed E-state index contributed by atoms with van der Waals surface area (Å²) in [5.74, 6) is 1.19. The zero-order valence-electron chi connectivity index (χ0n) is 27.7. The molecule has 0 spiro atoms. The second-order valence-electron chi connectivity index (χ2n) is 10.6. The number of carbonyl (C=O) groups is 1. The molecule has 2 N–H and O–H groups in total. The van der Waals surface area contributed by atoms with E-state index in [1.807, 2.05) is 37.3 Å². The van der Waals surface area contributed by atoms with Gasteiger partial charge in [0.1, 0.15) is 24.2 Å². The van der Waals surface area contributed by atoms with Crippen LogP contribution < -0.4 is 19.5 Å². The van der Waals surface area contributed by atoms with E-state index in [0.717, 1.165) is 29.9 Å². The summed E-state index contributed by atoms with van der Waals surface area (Å²) in [4.78, 5) is 16.8. The van der Waals surface area contributed by atoms with Gasteiger partial charge < -0.3 is 29.4 Å². The number of unbranched alkanes of at least 4 members (excludes halogenated alkanes) is 1. The highest BCUT2D eigenvalue weighted by atomic mass is 16.5. The third kappa shape index (κ3) is 10.0. The number of methoxy groups -OCH3 is 2. The maximum absolute atomic E-state index is 12.2. The highest BCUT2D eigenvalue weighted by molar-refractivity contribution is 6.03. The normalized spacial score (nSPS) is 17.0. The number of para-hydroxylation sites is 1. The Morgan fingerprint density at radius 2 is 1.80 bits per heavy atom. The zero-order chi connectivity index (χ0) is 32.6. The first-order chi connectivity index (χ1) is 21.1. The van der Waals surface area contributed by atoms with Gasteiger partial charge in [-0.05, 0) is 50.0 Å². The van der Waals surface area contributed by atoms with Crippen LogP contribution >= 0.6 is 0 Å². The van der Waals surface area contributed by atoms with Gasteiger partial charge in [0.2, 0.25) is 0 Å². The second-order valence-corrected chi connectivity index (χ2v) is 10.6. The largest absolute Gasteiger partial charge is 0.496 e. The van der Waals surface area contributed by atoms with Gasteiger partial charge in [0.25, 0.3) is 0 Å². The summed E-state index contributed by atoms with van der Waals surface area (Å²) in [6.07, 6.45) is 8.70. The van der Waals surface area contributed by atoms with Crippen molar-refractivity contribution in [2.24, 2.45) is 4.99 Å². The minimum Gasteiger partial charge on any atom is -0.496 e. The van der Waals surface area contributed by atoms with Gasteiger partial charge in [0, 0.05) is 42.5 Å². The summed E-state index contributed by atoms with van der Waals surface area (Å²) < 4.78 is 23.2. The number of allylic oxidation sites excluding steroid dienone is 3. The molecule has 1 aliphatic heterocycles. The number of hydrogen-bond donors (Lipinski definition) is 2. The van der Waals surface area contributed by atoms with Gasteiger partial charge in [-0.2, -0.15) is 0 Å². The molecule has 0 saturated heterocycles. The maximum atomic E-state index is 12.2. The molecule has 2 atom stereocenters. The van der Waals surface area contributed by atoms with Crippen molar-refractivity contribution < 1.29 is 28.8 Å². The van der Waals surface area contributed by atoms with Crippen LogP contribution in [0.3, 0.4) is 0 Å². The molecule has 44 heavy (non-hydrogen) atoms. The zero-order valence-corrected chi connectivity index (χ0v) is 27.7. The molecule has 0 fully saturated rings. The van der Waals surface area contributed by atoms with Crippen molar-refractivity contribution in [2.75, 3.05) is 41.0 Å². The van der Waals surface area contributed by atoms with Crippen molar-refractivity contribution in [3.63, 3.8) is 0 Å². The molecule has 0 bridgehead atoms. The van der Waals surface area contributed by atoms with E-state index in [9.17, 15) is 9.90 Å². The molecule has 0 amide bonds. The summed E-state index contributed by atoms with van der Waals surface area (Å²) in [6, 6.07) is 9.27. The standard InChI is InChI=1S/C32H40N2O6.C4H10/c1-20(18-27(33-5)24-10-9-15-34-16-17-39-21(2)19-24)25-11-8-12-29(38-7)31(25)40-23(4)26-13-14-28(37-6)22(3)30(26)32(35)36;1-3-4-2/h8-14,19-20,23,34H,2,15-18H2,1,3-7H3,(H,35,36);3-4H2,1-2H3/b10-9-,24-19+,33-27?;. The van der Waals surface area contributed by atoms with Crippen LogP contribution in [-0.4, -0.2) is 57.8 Å². The molecular formula is C36H50N2O6. The fourth-order valence-electron chi connectivity index (χ4n) is 4.81. The fraction of sp³-hybridized carbons (Fsp3) is 0.444. The predicted octanol–water partition coefficient (Wildman–Crippen LogP) is 7.84. The van der Waals surface area contributed by atoms with Crippen LogP contribution in [0.5, 0.6) is 17.2 Å². The van der Waals surface area contributed by atoms with Gasteiger partial charge in [-0.1, -0.05) is 70.5 Å². The number of hydrogen-bond acceptors (Lipinski definition) is 7. The molecule has 3 rings (SSSR count). The number of ether oxygens (including phenoxy) is 4. The Balaban J connectivity index is 0.00000159. The summed E-state index contributed by atoms with van der Waals surface area (Å²) in [7, 11) is 4.90. The molecule has 0 radical (unpaired) electrons. The van der Waals surface area contributed by atoms with E-state index in [0.29, 0.717) is 47.2 Å². The lowest BCUT2D eigenvalue weighted by atomic mass is 9.91. The van der Waals surface area contributed by atoms with Crippen molar-refractivity contribution in [2.45, 2.75) is 65.9 Å². The molecule has 2 aromatic carbocycles. The van der Waals surface area contributed by atoms with Crippen LogP contribution in [0.15, 0.2) is 71.5 Å². The lowest BCUT2D eigenvalue weighted by Gasteiger charge is -2.25. The molecular weight excluding hydrogens is 556 g/mol. The van der Waals surface area contributed by atoms with E-state index in [2.05, 4.69) is 43.7 Å². The van der Waals surface area contributed by atoms with Gasteiger partial charge in [-0.3, -0.25) is 4.99 Å². The van der Waals surface area contributed by atoms with Crippen LogP contribution in [0.2, 0.25) is 0 Å². The van der Waals surface area contributed by atoms with E-state index >= 15 is 0 Å². The Hall–Kier alpha value is -4.04. The molecule has 0 aromatic heterocycles. The molecule has 0 aliphatic carbocycles. The second kappa shape index (κ2) is 18.6. The summed E-state index contributed by atoms with van der Waals surface area (Å²) >= 11 is 0. The summed E-state index contributed by atoms with van der Waals surface area (Å²) in [5.41, 5.74) is 4.03. The molecule has 2 unspecified atom stereocenters. The van der Waals surface area contributed by atoms with Crippen LogP contribution in [-0.2, 0) is 4.74 Å². The lowest BCUT2D eigenvalue weighted by Crippen LogP contribution is -2.20. The van der Waals surface area contributed by atoms with Gasteiger partial charge in [-0.25, -0.2) is 4.79 Å². The van der Waals surface area contributed by atoms with Crippen molar-refractivity contribution >= 4 is 11.7 Å². The molecule has 1 heterocycles. The number of aromatic carboxylic acids is 1. The number of aliphatic imine (C=N–C) groups is 1. The molecule has 8 nitrogen and oxygen atoms in total. The van der Waals surface area contributed by atoms with Gasteiger partial charge in [0.05, 0.1) is 19.8 Å². The Kier molecular flexibility index (Phi) is 15.3. The average molecular weight is 607 g/mol. The van der Waals surface area contributed by atoms with Crippen molar-refractivity contribution in [3.05, 3.63) is 88.7 Å². The van der Waals surface area contributed by atoms with E-state index in [1.165, 1.54) is 20.0 Å². The Bertz CT molecular complexity index is 1340. The number of nitrogens with one attached hydrogen (secondary N) is 1. The monoisotopic (exact) mass is 606 g/mol. The number of carboxylic acid groups (broad SMARTS) is 1. The minimum atomic E-state index is -1.04. The number of rotatable bonds is 11. The van der Waals surface area contributed by atoms with Gasteiger partial charge in [0.15, 0.2) is 11.5 Å².